The van der Waals surface area contributed by atoms with Gasteiger partial charge in [0.2, 0.25) is 10.4 Å². The Bertz CT molecular complexity index is 349. The van der Waals surface area contributed by atoms with Crippen molar-refractivity contribution in [3.63, 3.8) is 0 Å². The normalized spacial score (nSPS) is 9.64. The molecule has 0 unspecified atom stereocenters. The summed E-state index contributed by atoms with van der Waals surface area (Å²) >= 11 is 0. The fourth-order valence-electron chi connectivity index (χ4n) is 0.464. The maximum absolute atomic E-state index is 8.63. The molecule has 0 aromatic carbocycles. The van der Waals surface area contributed by atoms with Crippen molar-refractivity contribution in [1.82, 2.24) is 9.78 Å². The number of anilines is 2. The van der Waals surface area contributed by atoms with Crippen LogP contribution in [0.3, 0.4) is 0 Å². The molecule has 0 bridgehead atoms. The van der Waals surface area contributed by atoms with Crippen molar-refractivity contribution in [2.45, 2.75) is 0 Å². The van der Waals surface area contributed by atoms with Gasteiger partial charge in [0, 0.05) is 7.05 Å². The van der Waals surface area contributed by atoms with Crippen molar-refractivity contribution in [1.29, 1.82) is 0 Å². The Morgan fingerprint density at radius 3 is 2.07 bits per heavy atom. The summed E-state index contributed by atoms with van der Waals surface area (Å²) < 4.78 is 34.4. The molecule has 0 amide bonds. The van der Waals surface area contributed by atoms with E-state index < -0.39 is 10.4 Å². The highest BCUT2D eigenvalue weighted by Crippen LogP contribution is 2.08. The van der Waals surface area contributed by atoms with Crippen LogP contribution in [0.5, 0.6) is 0 Å². The topological polar surface area (TPSA) is 179 Å². The van der Waals surface area contributed by atoms with E-state index in [4.69, 9.17) is 29.0 Å². The van der Waals surface area contributed by atoms with E-state index in [-0.39, 0.29) is 6.90 Å². The lowest BCUT2D eigenvalue weighted by molar-refractivity contribution is 0.366. The number of nitrogen functional groups attached to an aromatic ring is 2. The lowest BCUT2D eigenvalue weighted by atomic mass is 10.5. The summed E-state index contributed by atoms with van der Waals surface area (Å²) in [7, 11) is -3.17. The number of aryl methyl sites for hydroxylation is 1. The molecule has 1 rings (SSSR count). The third-order valence-electron chi connectivity index (χ3n) is 1.01. The van der Waals surface area contributed by atoms with E-state index in [0.29, 0.717) is 11.5 Å². The maximum atomic E-state index is 8.63. The molecule has 14 heavy (non-hydrogen) atoms. The maximum Gasteiger partial charge on any atom is 1.00 e. The zero-order valence-electron chi connectivity index (χ0n) is 8.21. The van der Waals surface area contributed by atoms with Gasteiger partial charge in [0.25, 0.3) is 0 Å². The second-order valence-corrected chi connectivity index (χ2v) is 2.89. The van der Waals surface area contributed by atoms with Crippen LogP contribution in [0.2, 0.25) is 0 Å². The first-order chi connectivity index (χ1) is 5.72. The lowest BCUT2D eigenvalue weighted by Crippen LogP contribution is -1.98. The van der Waals surface area contributed by atoms with Gasteiger partial charge in [0.15, 0.2) is 0 Å². The minimum Gasteiger partial charge on any atom is -0.726 e. The summed E-state index contributed by atoms with van der Waals surface area (Å²) in [5, 5.41) is 3.78. The van der Waals surface area contributed by atoms with Gasteiger partial charge in [-0.3, -0.25) is 9.23 Å². The summed E-state index contributed by atoms with van der Waals surface area (Å²) in [6.07, 6.45) is 1.52. The summed E-state index contributed by atoms with van der Waals surface area (Å²) in [5.74, 6) is 0.519. The third-order valence-corrected chi connectivity index (χ3v) is 1.01. The Morgan fingerprint density at radius 1 is 1.64 bits per heavy atom. The fraction of sp³-hybridized carbons (Fsp3) is 0.250. The zero-order valence-corrected chi connectivity index (χ0v) is 8.02. The Hall–Kier alpha value is -1.36. The Morgan fingerprint density at radius 2 is 2.00 bits per heavy atom. The van der Waals surface area contributed by atoms with Gasteiger partial charge in [0.05, 0.1) is 11.9 Å². The van der Waals surface area contributed by atoms with Crippen LogP contribution in [0, 0.1) is 0 Å². The quantitative estimate of drug-likeness (QED) is 0.335. The molecule has 0 spiro atoms. The first kappa shape index (κ1) is 15.1. The van der Waals surface area contributed by atoms with Crippen molar-refractivity contribution >= 4 is 21.9 Å². The van der Waals surface area contributed by atoms with Crippen LogP contribution in [0.15, 0.2) is 6.20 Å². The molecule has 0 aliphatic rings. The van der Waals surface area contributed by atoms with E-state index in [9.17, 15) is 0 Å². The molecule has 84 valence electrons. The molecule has 1 aromatic heterocycles. The molecule has 0 saturated heterocycles. The van der Waals surface area contributed by atoms with Crippen molar-refractivity contribution in [3.05, 3.63) is 6.20 Å². The van der Waals surface area contributed by atoms with Crippen molar-refractivity contribution in [2.24, 2.45) is 7.05 Å². The number of aromatic nitrogens is 2. The van der Waals surface area contributed by atoms with Crippen LogP contribution < -0.4 is 11.5 Å². The van der Waals surface area contributed by atoms with E-state index in [1.807, 2.05) is 0 Å². The average molecular weight is 228 g/mol. The van der Waals surface area contributed by atoms with Crippen molar-refractivity contribution < 1.29 is 24.4 Å². The molecule has 0 aliphatic carbocycles. The number of nitrogens with zero attached hydrogens (tertiary/aromatic N) is 2. The summed E-state index contributed by atoms with van der Waals surface area (Å²) in [6.45, 7) is 0. The molecule has 0 saturated carbocycles. The largest absolute Gasteiger partial charge is 1.00 e. The number of hydrogen-bond acceptors (Lipinski definition) is 6. The van der Waals surface area contributed by atoms with Gasteiger partial charge in [-0.15, -0.1) is 0 Å². The van der Waals surface area contributed by atoms with Crippen molar-refractivity contribution in [2.75, 3.05) is 11.5 Å². The van der Waals surface area contributed by atoms with E-state index in [0.717, 1.165) is 0 Å². The zero-order chi connectivity index (χ0) is 10.6. The van der Waals surface area contributed by atoms with E-state index in [1.54, 1.807) is 7.05 Å². The minimum absolute atomic E-state index is 0. The van der Waals surface area contributed by atoms with Crippen LogP contribution in [-0.4, -0.2) is 32.8 Å². The highest BCUT2D eigenvalue weighted by atomic mass is 32.3. The van der Waals surface area contributed by atoms with Gasteiger partial charge in [-0.1, -0.05) is 0 Å². The molecule has 10 heteroatoms. The number of hydrogen-bond donors (Lipinski definition) is 3. The molecular weight excluding hydrogens is 216 g/mol. The fourth-order valence-corrected chi connectivity index (χ4v) is 0.464. The molecule has 1 aromatic rings. The second kappa shape index (κ2) is 5.39. The first-order valence-electron chi connectivity index (χ1n) is 2.93. The summed E-state index contributed by atoms with van der Waals surface area (Å²) in [5.41, 5.74) is 11.2. The van der Waals surface area contributed by atoms with Gasteiger partial charge >= 0.3 is 1.43 Å². The third kappa shape index (κ3) is 7.30. The summed E-state index contributed by atoms with van der Waals surface area (Å²) in [6, 6.07) is 0. The minimum atomic E-state index is -4.92. The number of nitrogens with two attached hydrogens (primary N) is 2. The standard InChI is InChI=1S/C4H8N4.H2O4S.H2O/c1-8-4(6)3(5)2-7-8;1-5(2,3)4;/h2H,5-6H2,1H3;(H2,1,2,3,4);1H2. The van der Waals surface area contributed by atoms with Gasteiger partial charge < -0.3 is 21.5 Å². The van der Waals surface area contributed by atoms with Crippen LogP contribution in [0.4, 0.5) is 11.5 Å². The highest BCUT2D eigenvalue weighted by molar-refractivity contribution is 7.79. The molecule has 0 fully saturated rings. The van der Waals surface area contributed by atoms with Gasteiger partial charge in [-0.2, -0.15) is 5.10 Å². The van der Waals surface area contributed by atoms with E-state index in [2.05, 4.69) is 5.10 Å². The van der Waals surface area contributed by atoms with Crippen LogP contribution in [0.25, 0.3) is 0 Å². The molecule has 1 heterocycles. The van der Waals surface area contributed by atoms with Crippen LogP contribution in [-0.2, 0) is 17.4 Å². The Balaban J connectivity index is -0.000000185. The Labute approximate surface area is 81.7 Å². The Kier molecular flexibility index (Phi) is 5.82. The van der Waals surface area contributed by atoms with Gasteiger partial charge in [-0.05, 0) is 0 Å². The predicted molar refractivity (Wildman–Crippen MR) is 49.1 cm³/mol. The number of rotatable bonds is 0. The monoisotopic (exact) mass is 228 g/mol. The average Bonchev–Trinajstić information content (AvgIpc) is 2.16. The van der Waals surface area contributed by atoms with Crippen molar-refractivity contribution in [3.8, 4) is 0 Å². The van der Waals surface area contributed by atoms with Gasteiger partial charge in [-0.25, -0.2) is 8.42 Å². The highest BCUT2D eigenvalue weighted by Gasteiger charge is 1.95. The van der Waals surface area contributed by atoms with E-state index >= 15 is 0 Å². The molecule has 7 N–H and O–H groups in total. The second-order valence-electron chi connectivity index (χ2n) is 2.04. The summed E-state index contributed by atoms with van der Waals surface area (Å²) in [4.78, 5) is 0. The smallest absolute Gasteiger partial charge is 0.726 e. The molecule has 9 nitrogen and oxygen atoms in total. The van der Waals surface area contributed by atoms with E-state index in [1.165, 1.54) is 10.9 Å². The first-order valence-corrected chi connectivity index (χ1v) is 4.29. The van der Waals surface area contributed by atoms with Crippen LogP contribution in [0.1, 0.15) is 1.43 Å². The molecule has 0 aliphatic heterocycles. The predicted octanol–water partition coefficient (Wildman–Crippen LogP) is -2.12. The van der Waals surface area contributed by atoms with Crippen LogP contribution >= 0.6 is 0 Å². The lowest BCUT2D eigenvalue weighted by Gasteiger charge is -1.90. The SMILES string of the molecule is Cn1ncc(N)c1N.O.O=S(=O)([O-])O.[H+]. The van der Waals surface area contributed by atoms with Gasteiger partial charge in [0.1, 0.15) is 5.82 Å². The molecular formula is C4H12N4O5S. The molecule has 0 radical (unpaired) electrons. The molecule has 0 atom stereocenters.